The predicted molar refractivity (Wildman–Crippen MR) is 101 cm³/mol. The van der Waals surface area contributed by atoms with Crippen molar-refractivity contribution in [1.29, 1.82) is 0 Å². The van der Waals surface area contributed by atoms with Crippen LogP contribution in [0, 0.1) is 0 Å². The molecular formula is C19H32N4O. The van der Waals surface area contributed by atoms with Crippen molar-refractivity contribution < 1.29 is 4.74 Å². The van der Waals surface area contributed by atoms with Gasteiger partial charge >= 0.3 is 0 Å². The van der Waals surface area contributed by atoms with Crippen LogP contribution in [0.2, 0.25) is 0 Å². The molecule has 0 spiro atoms. The van der Waals surface area contributed by atoms with E-state index in [-0.39, 0.29) is 0 Å². The molecule has 1 aromatic rings. The first-order valence-corrected chi connectivity index (χ1v) is 9.05. The number of aliphatic imine (C=N–C) groups is 1. The lowest BCUT2D eigenvalue weighted by Crippen LogP contribution is -2.43. The third-order valence-corrected chi connectivity index (χ3v) is 4.29. The fraction of sp³-hybridized carbons (Fsp3) is 0.632. The number of hydrogen-bond donors (Lipinski definition) is 2. The summed E-state index contributed by atoms with van der Waals surface area (Å²) in [5.41, 5.74) is 1.10. The molecule has 1 aliphatic rings. The van der Waals surface area contributed by atoms with E-state index in [9.17, 15) is 0 Å². The smallest absolute Gasteiger partial charge is 0.191 e. The second-order valence-corrected chi connectivity index (χ2v) is 6.50. The molecule has 1 aliphatic carbocycles. The summed E-state index contributed by atoms with van der Waals surface area (Å²) in [6.07, 6.45) is 2.69. The van der Waals surface area contributed by atoms with Gasteiger partial charge in [0.2, 0.25) is 0 Å². The van der Waals surface area contributed by atoms with Crippen LogP contribution >= 0.6 is 0 Å². The predicted octanol–water partition coefficient (Wildman–Crippen LogP) is 2.62. The van der Waals surface area contributed by atoms with Crippen molar-refractivity contribution in [3.05, 3.63) is 29.8 Å². The van der Waals surface area contributed by atoms with Crippen molar-refractivity contribution in [3.63, 3.8) is 0 Å². The first kappa shape index (κ1) is 18.6. The van der Waals surface area contributed by atoms with E-state index < -0.39 is 0 Å². The Morgan fingerprint density at radius 2 is 2.04 bits per heavy atom. The minimum absolute atomic E-state index is 0.604. The van der Waals surface area contributed by atoms with Gasteiger partial charge in [0.05, 0.1) is 13.7 Å². The summed E-state index contributed by atoms with van der Waals surface area (Å²) in [6, 6.07) is 9.42. The molecule has 0 aliphatic heterocycles. The zero-order valence-corrected chi connectivity index (χ0v) is 15.5. The Kier molecular flexibility index (Phi) is 7.37. The zero-order chi connectivity index (χ0) is 17.4. The lowest BCUT2D eigenvalue weighted by Gasteiger charge is -2.26. The quantitative estimate of drug-likeness (QED) is 0.539. The van der Waals surface area contributed by atoms with E-state index in [1.54, 1.807) is 7.11 Å². The van der Waals surface area contributed by atoms with E-state index in [2.05, 4.69) is 42.4 Å². The molecule has 0 atom stereocenters. The van der Waals surface area contributed by atoms with Crippen molar-refractivity contribution in [2.45, 2.75) is 52.2 Å². The van der Waals surface area contributed by atoms with Gasteiger partial charge in [0, 0.05) is 37.3 Å². The van der Waals surface area contributed by atoms with Gasteiger partial charge in [-0.2, -0.15) is 0 Å². The third-order valence-electron chi connectivity index (χ3n) is 4.29. The van der Waals surface area contributed by atoms with Crippen LogP contribution < -0.4 is 15.4 Å². The van der Waals surface area contributed by atoms with Crippen molar-refractivity contribution >= 4 is 5.96 Å². The van der Waals surface area contributed by atoms with Crippen LogP contribution in [0.5, 0.6) is 5.75 Å². The molecule has 0 saturated heterocycles. The number of para-hydroxylation sites is 1. The Balaban J connectivity index is 1.88. The number of methoxy groups -OCH3 is 1. The minimum Gasteiger partial charge on any atom is -0.496 e. The summed E-state index contributed by atoms with van der Waals surface area (Å²) >= 11 is 0. The first-order chi connectivity index (χ1) is 11.7. The molecule has 1 saturated carbocycles. The van der Waals surface area contributed by atoms with Crippen LogP contribution in [0.4, 0.5) is 0 Å². The van der Waals surface area contributed by atoms with E-state index in [0.717, 1.165) is 42.9 Å². The number of guanidine groups is 1. The van der Waals surface area contributed by atoms with Crippen LogP contribution in [0.25, 0.3) is 0 Å². The molecular weight excluding hydrogens is 300 g/mol. The first-order valence-electron chi connectivity index (χ1n) is 9.05. The summed E-state index contributed by atoms with van der Waals surface area (Å²) in [5, 5.41) is 6.77. The van der Waals surface area contributed by atoms with Gasteiger partial charge in [-0.1, -0.05) is 18.2 Å². The summed E-state index contributed by atoms with van der Waals surface area (Å²) in [7, 11) is 1.70. The van der Waals surface area contributed by atoms with E-state index in [0.29, 0.717) is 12.6 Å². The third kappa shape index (κ3) is 5.71. The van der Waals surface area contributed by atoms with Gasteiger partial charge in [-0.05, 0) is 39.7 Å². The fourth-order valence-electron chi connectivity index (χ4n) is 2.91. The monoisotopic (exact) mass is 332 g/mol. The largest absolute Gasteiger partial charge is 0.496 e. The van der Waals surface area contributed by atoms with Gasteiger partial charge in [0.25, 0.3) is 0 Å². The molecule has 24 heavy (non-hydrogen) atoms. The zero-order valence-electron chi connectivity index (χ0n) is 15.5. The maximum Gasteiger partial charge on any atom is 0.191 e. The summed E-state index contributed by atoms with van der Waals surface area (Å²) in [6.45, 7) is 10.1. The van der Waals surface area contributed by atoms with Gasteiger partial charge in [-0.25, -0.2) is 4.99 Å². The molecule has 0 aromatic heterocycles. The average molecular weight is 332 g/mol. The normalized spacial score (nSPS) is 15.0. The number of benzene rings is 1. The molecule has 5 heteroatoms. The number of rotatable bonds is 9. The van der Waals surface area contributed by atoms with Crippen LogP contribution in [0.1, 0.15) is 39.2 Å². The Morgan fingerprint density at radius 1 is 1.29 bits per heavy atom. The molecule has 0 amide bonds. The van der Waals surface area contributed by atoms with E-state index in [4.69, 9.17) is 9.73 Å². The fourth-order valence-corrected chi connectivity index (χ4v) is 2.91. The molecule has 0 unspecified atom stereocenters. The molecule has 1 fully saturated rings. The number of nitrogens with zero attached hydrogens (tertiary/aromatic N) is 2. The molecule has 5 nitrogen and oxygen atoms in total. The maximum atomic E-state index is 5.39. The Labute approximate surface area is 146 Å². The highest BCUT2D eigenvalue weighted by atomic mass is 16.5. The molecule has 2 rings (SSSR count). The summed E-state index contributed by atoms with van der Waals surface area (Å²) in [4.78, 5) is 7.27. The molecule has 1 aromatic carbocycles. The highest BCUT2D eigenvalue weighted by Crippen LogP contribution is 2.27. The summed E-state index contributed by atoms with van der Waals surface area (Å²) < 4.78 is 5.39. The molecule has 0 bridgehead atoms. The minimum atomic E-state index is 0.604. The lowest BCUT2D eigenvalue weighted by molar-refractivity contribution is 0.215. The van der Waals surface area contributed by atoms with Crippen molar-refractivity contribution in [2.24, 2.45) is 4.99 Å². The summed E-state index contributed by atoms with van der Waals surface area (Å²) in [5.74, 6) is 1.75. The Bertz CT molecular complexity index is 524. The van der Waals surface area contributed by atoms with Gasteiger partial charge < -0.3 is 15.4 Å². The lowest BCUT2D eigenvalue weighted by atomic mass is 10.2. The van der Waals surface area contributed by atoms with Crippen LogP contribution in [0.15, 0.2) is 29.3 Å². The van der Waals surface area contributed by atoms with Gasteiger partial charge in [-0.15, -0.1) is 0 Å². The van der Waals surface area contributed by atoms with Crippen LogP contribution in [-0.4, -0.2) is 49.7 Å². The Hall–Kier alpha value is -1.75. The number of nitrogens with one attached hydrogen (secondary N) is 2. The van der Waals surface area contributed by atoms with Crippen LogP contribution in [0.3, 0.4) is 0 Å². The van der Waals surface area contributed by atoms with Crippen molar-refractivity contribution in [3.8, 4) is 5.75 Å². The Morgan fingerprint density at radius 3 is 2.67 bits per heavy atom. The number of hydrogen-bond acceptors (Lipinski definition) is 3. The van der Waals surface area contributed by atoms with E-state index in [1.807, 2.05) is 18.2 Å². The van der Waals surface area contributed by atoms with Crippen LogP contribution in [-0.2, 0) is 6.54 Å². The van der Waals surface area contributed by atoms with Gasteiger partial charge in [-0.3, -0.25) is 4.90 Å². The second-order valence-electron chi connectivity index (χ2n) is 6.50. The number of ether oxygens (including phenoxy) is 1. The maximum absolute atomic E-state index is 5.39. The van der Waals surface area contributed by atoms with Gasteiger partial charge in [0.1, 0.15) is 5.75 Å². The van der Waals surface area contributed by atoms with Crippen molar-refractivity contribution in [1.82, 2.24) is 15.5 Å². The highest BCUT2D eigenvalue weighted by Gasteiger charge is 2.30. The highest BCUT2D eigenvalue weighted by molar-refractivity contribution is 5.79. The second kappa shape index (κ2) is 9.52. The van der Waals surface area contributed by atoms with E-state index in [1.165, 1.54) is 12.8 Å². The molecule has 134 valence electrons. The van der Waals surface area contributed by atoms with Gasteiger partial charge in [0.15, 0.2) is 5.96 Å². The van der Waals surface area contributed by atoms with E-state index >= 15 is 0 Å². The molecule has 0 radical (unpaired) electrons. The topological polar surface area (TPSA) is 48.9 Å². The molecule has 2 N–H and O–H groups in total. The standard InChI is InChI=1S/C19H32N4O/c1-5-20-19(21-12-13-23(15(2)3)17-10-11-17)22-14-16-8-6-7-9-18(16)24-4/h6-9,15,17H,5,10-14H2,1-4H3,(H2,20,21,22). The van der Waals surface area contributed by atoms with Crippen molar-refractivity contribution in [2.75, 3.05) is 26.7 Å². The SMILES string of the molecule is CCNC(=NCc1ccccc1OC)NCCN(C(C)C)C1CC1. The molecule has 0 heterocycles. The average Bonchev–Trinajstić information content (AvgIpc) is 3.41.